The lowest BCUT2D eigenvalue weighted by Crippen LogP contribution is -2.43. The average molecular weight is 425 g/mol. The Morgan fingerprint density at radius 2 is 1.79 bits per heavy atom. The highest BCUT2D eigenvalue weighted by molar-refractivity contribution is 7.09. The van der Waals surface area contributed by atoms with E-state index in [1.54, 1.807) is 33.3 Å². The lowest BCUT2D eigenvalue weighted by atomic mass is 10.2. The van der Waals surface area contributed by atoms with Crippen molar-refractivity contribution in [1.29, 1.82) is 0 Å². The van der Waals surface area contributed by atoms with Gasteiger partial charge in [0.15, 0.2) is 0 Å². The van der Waals surface area contributed by atoms with Gasteiger partial charge in [-0.25, -0.2) is 4.39 Å². The first kappa shape index (κ1) is 22.4. The molecule has 0 N–H and O–H groups in total. The van der Waals surface area contributed by atoms with Crippen molar-refractivity contribution in [3.8, 4) is 0 Å². The molecule has 0 aliphatic heterocycles. The van der Waals surface area contributed by atoms with E-state index in [1.165, 1.54) is 12.1 Å². The van der Waals surface area contributed by atoms with E-state index in [1.807, 2.05) is 31.4 Å². The Morgan fingerprint density at radius 3 is 2.36 bits per heavy atom. The number of halogens is 2. The summed E-state index contributed by atoms with van der Waals surface area (Å²) in [5, 5.41) is 1.96. The SMILES string of the molecule is CC(C)CN(CC(=O)N(Cc1ccc(F)cc1)Cc1cccs1)C(=O)CCCl. The molecule has 2 aromatic rings. The molecule has 0 aliphatic rings. The second-order valence-corrected chi connectivity index (χ2v) is 8.47. The van der Waals surface area contributed by atoms with E-state index in [2.05, 4.69) is 0 Å². The molecule has 0 saturated heterocycles. The summed E-state index contributed by atoms with van der Waals surface area (Å²) < 4.78 is 13.2. The third-order valence-electron chi connectivity index (χ3n) is 4.14. The summed E-state index contributed by atoms with van der Waals surface area (Å²) in [5.41, 5.74) is 0.841. The van der Waals surface area contributed by atoms with Gasteiger partial charge in [0, 0.05) is 30.3 Å². The Hall–Kier alpha value is -1.92. The van der Waals surface area contributed by atoms with Gasteiger partial charge in [-0.3, -0.25) is 9.59 Å². The monoisotopic (exact) mass is 424 g/mol. The number of thiophene rings is 1. The Bertz CT molecular complexity index is 750. The predicted molar refractivity (Wildman–Crippen MR) is 112 cm³/mol. The van der Waals surface area contributed by atoms with Crippen molar-refractivity contribution < 1.29 is 14.0 Å². The van der Waals surface area contributed by atoms with Crippen LogP contribution in [0.1, 0.15) is 30.7 Å². The van der Waals surface area contributed by atoms with E-state index >= 15 is 0 Å². The minimum Gasteiger partial charge on any atom is -0.333 e. The number of benzene rings is 1. The molecule has 7 heteroatoms. The Kier molecular flexibility index (Phi) is 8.93. The van der Waals surface area contributed by atoms with E-state index in [0.29, 0.717) is 19.6 Å². The van der Waals surface area contributed by atoms with Crippen LogP contribution in [0.3, 0.4) is 0 Å². The normalized spacial score (nSPS) is 10.9. The van der Waals surface area contributed by atoms with Gasteiger partial charge in [0.05, 0.1) is 13.1 Å². The maximum Gasteiger partial charge on any atom is 0.242 e. The Morgan fingerprint density at radius 1 is 1.07 bits per heavy atom. The fourth-order valence-corrected chi connectivity index (χ4v) is 3.71. The maximum absolute atomic E-state index is 13.2. The third kappa shape index (κ3) is 7.24. The molecule has 0 aliphatic carbocycles. The summed E-state index contributed by atoms with van der Waals surface area (Å²) in [5.74, 6) is -0.0865. The van der Waals surface area contributed by atoms with Crippen LogP contribution in [0.2, 0.25) is 0 Å². The standard InChI is InChI=1S/C21H26ClFN2O2S/c1-16(2)12-24(20(26)9-10-22)15-21(27)25(14-19-4-3-11-28-19)13-17-5-7-18(23)8-6-17/h3-8,11,16H,9-10,12-15H2,1-2H3. The molecular formula is C21H26ClFN2O2S. The number of hydrogen-bond donors (Lipinski definition) is 0. The average Bonchev–Trinajstić information content (AvgIpc) is 3.15. The van der Waals surface area contributed by atoms with Crippen molar-refractivity contribution in [1.82, 2.24) is 9.80 Å². The number of alkyl halides is 1. The first-order valence-electron chi connectivity index (χ1n) is 9.27. The summed E-state index contributed by atoms with van der Waals surface area (Å²) >= 11 is 7.29. The number of carbonyl (C=O) groups is 2. The predicted octanol–water partition coefficient (Wildman–Crippen LogP) is 4.53. The number of hydrogen-bond acceptors (Lipinski definition) is 3. The quantitative estimate of drug-likeness (QED) is 0.526. The Balaban J connectivity index is 2.15. The van der Waals surface area contributed by atoms with Crippen molar-refractivity contribution in [2.75, 3.05) is 19.0 Å². The molecule has 0 saturated carbocycles. The molecule has 2 amide bonds. The van der Waals surface area contributed by atoms with Gasteiger partial charge in [0.2, 0.25) is 11.8 Å². The number of rotatable bonds is 10. The highest BCUT2D eigenvalue weighted by Gasteiger charge is 2.22. The van der Waals surface area contributed by atoms with Gasteiger partial charge in [-0.1, -0.05) is 32.0 Å². The number of amides is 2. The molecule has 0 radical (unpaired) electrons. The van der Waals surface area contributed by atoms with E-state index in [-0.39, 0.29) is 42.4 Å². The van der Waals surface area contributed by atoms with Gasteiger partial charge >= 0.3 is 0 Å². The summed E-state index contributed by atoms with van der Waals surface area (Å²) in [6.45, 7) is 5.34. The van der Waals surface area contributed by atoms with Crippen LogP contribution in [0.4, 0.5) is 4.39 Å². The number of nitrogens with zero attached hydrogens (tertiary/aromatic N) is 2. The highest BCUT2D eigenvalue weighted by atomic mass is 35.5. The van der Waals surface area contributed by atoms with Crippen LogP contribution in [0, 0.1) is 11.7 Å². The molecule has 1 aromatic carbocycles. The third-order valence-corrected chi connectivity index (χ3v) is 5.19. The summed E-state index contributed by atoms with van der Waals surface area (Å²) in [7, 11) is 0. The van der Waals surface area contributed by atoms with Gasteiger partial charge in [0.25, 0.3) is 0 Å². The smallest absolute Gasteiger partial charge is 0.242 e. The van der Waals surface area contributed by atoms with E-state index in [4.69, 9.17) is 11.6 Å². The molecular weight excluding hydrogens is 399 g/mol. The molecule has 0 spiro atoms. The fraction of sp³-hybridized carbons (Fsp3) is 0.429. The van der Waals surface area contributed by atoms with Crippen molar-refractivity contribution >= 4 is 34.8 Å². The zero-order valence-corrected chi connectivity index (χ0v) is 17.8. The molecule has 1 heterocycles. The van der Waals surface area contributed by atoms with Crippen molar-refractivity contribution in [3.05, 3.63) is 58.0 Å². The van der Waals surface area contributed by atoms with Crippen LogP contribution in [0.15, 0.2) is 41.8 Å². The summed E-state index contributed by atoms with van der Waals surface area (Å²) in [6.07, 6.45) is 0.213. The molecule has 0 atom stereocenters. The summed E-state index contributed by atoms with van der Waals surface area (Å²) in [6, 6.07) is 10.0. The second-order valence-electron chi connectivity index (χ2n) is 7.06. The summed E-state index contributed by atoms with van der Waals surface area (Å²) in [4.78, 5) is 29.8. The molecule has 0 unspecified atom stereocenters. The van der Waals surface area contributed by atoms with Crippen molar-refractivity contribution in [2.45, 2.75) is 33.4 Å². The minimum absolute atomic E-state index is 0.0144. The van der Waals surface area contributed by atoms with Crippen LogP contribution in [-0.4, -0.2) is 40.6 Å². The van der Waals surface area contributed by atoms with E-state index in [0.717, 1.165) is 10.4 Å². The zero-order valence-electron chi connectivity index (χ0n) is 16.2. The van der Waals surface area contributed by atoms with Gasteiger partial charge in [-0.05, 0) is 35.1 Å². The minimum atomic E-state index is -0.310. The molecule has 0 bridgehead atoms. The van der Waals surface area contributed by atoms with Crippen molar-refractivity contribution in [2.24, 2.45) is 5.92 Å². The van der Waals surface area contributed by atoms with Crippen molar-refractivity contribution in [3.63, 3.8) is 0 Å². The Labute approximate surface area is 174 Å². The fourth-order valence-electron chi connectivity index (χ4n) is 2.83. The highest BCUT2D eigenvalue weighted by Crippen LogP contribution is 2.16. The second kappa shape index (κ2) is 11.2. The lowest BCUT2D eigenvalue weighted by molar-refractivity contribution is -0.141. The zero-order chi connectivity index (χ0) is 20.5. The van der Waals surface area contributed by atoms with Crippen LogP contribution in [-0.2, 0) is 22.7 Å². The molecule has 1 aromatic heterocycles. The molecule has 152 valence electrons. The molecule has 28 heavy (non-hydrogen) atoms. The van der Waals surface area contributed by atoms with E-state index in [9.17, 15) is 14.0 Å². The largest absolute Gasteiger partial charge is 0.333 e. The van der Waals surface area contributed by atoms with Crippen LogP contribution in [0.25, 0.3) is 0 Å². The molecule has 2 rings (SSSR count). The van der Waals surface area contributed by atoms with Crippen LogP contribution in [0.5, 0.6) is 0 Å². The van der Waals surface area contributed by atoms with Gasteiger partial charge < -0.3 is 9.80 Å². The van der Waals surface area contributed by atoms with Crippen LogP contribution >= 0.6 is 22.9 Å². The van der Waals surface area contributed by atoms with Gasteiger partial charge in [-0.2, -0.15) is 0 Å². The van der Waals surface area contributed by atoms with E-state index < -0.39 is 0 Å². The first-order chi connectivity index (χ1) is 13.4. The molecule has 4 nitrogen and oxygen atoms in total. The topological polar surface area (TPSA) is 40.6 Å². The first-order valence-corrected chi connectivity index (χ1v) is 10.7. The lowest BCUT2D eigenvalue weighted by Gasteiger charge is -2.28. The number of carbonyl (C=O) groups excluding carboxylic acids is 2. The maximum atomic E-state index is 13.2. The van der Waals surface area contributed by atoms with Gasteiger partial charge in [0.1, 0.15) is 5.82 Å². The van der Waals surface area contributed by atoms with Crippen LogP contribution < -0.4 is 0 Å². The molecule has 0 fully saturated rings. The van der Waals surface area contributed by atoms with Gasteiger partial charge in [-0.15, -0.1) is 22.9 Å².